The molecule has 0 spiro atoms. The van der Waals surface area contributed by atoms with Crippen molar-refractivity contribution in [3.05, 3.63) is 29.8 Å². The molecule has 0 saturated carbocycles. The van der Waals surface area contributed by atoms with E-state index in [0.717, 1.165) is 12.1 Å². The molecule has 0 aromatic heterocycles. The highest BCUT2D eigenvalue weighted by atomic mass is 19.2. The van der Waals surface area contributed by atoms with Gasteiger partial charge in [-0.05, 0) is 26.0 Å². The Balaban J connectivity index is 2.48. The molecule has 0 aliphatic carbocycles. The monoisotopic (exact) mass is 288 g/mol. The zero-order chi connectivity index (χ0) is 15.1. The SMILES string of the molecule is CCOC(=O)COC(=O)C(C)Oc1ccc(F)c(F)c1. The van der Waals surface area contributed by atoms with Crippen molar-refractivity contribution in [2.75, 3.05) is 13.2 Å². The Morgan fingerprint density at radius 2 is 1.90 bits per heavy atom. The minimum absolute atomic E-state index is 0.0236. The maximum Gasteiger partial charge on any atom is 0.347 e. The molecule has 0 fully saturated rings. The fourth-order valence-electron chi connectivity index (χ4n) is 1.25. The zero-order valence-electron chi connectivity index (χ0n) is 11.0. The Kier molecular flexibility index (Phi) is 5.89. The number of esters is 2. The van der Waals surface area contributed by atoms with Crippen LogP contribution in [-0.4, -0.2) is 31.3 Å². The van der Waals surface area contributed by atoms with E-state index < -0.39 is 36.3 Å². The first-order chi connectivity index (χ1) is 9.43. The Morgan fingerprint density at radius 1 is 1.20 bits per heavy atom. The summed E-state index contributed by atoms with van der Waals surface area (Å²) in [6, 6.07) is 2.86. The van der Waals surface area contributed by atoms with E-state index in [2.05, 4.69) is 9.47 Å². The highest BCUT2D eigenvalue weighted by Gasteiger charge is 2.18. The summed E-state index contributed by atoms with van der Waals surface area (Å²) < 4.78 is 39.9. The summed E-state index contributed by atoms with van der Waals surface area (Å²) in [5.74, 6) is -3.63. The average molecular weight is 288 g/mol. The molecule has 1 rings (SSSR count). The van der Waals surface area contributed by atoms with Gasteiger partial charge in [0.1, 0.15) is 5.75 Å². The molecule has 1 atom stereocenters. The highest BCUT2D eigenvalue weighted by molar-refractivity contribution is 5.79. The maximum atomic E-state index is 12.9. The first-order valence-corrected chi connectivity index (χ1v) is 5.88. The molecular formula is C13H14F2O5. The molecule has 0 N–H and O–H groups in total. The van der Waals surface area contributed by atoms with Crippen LogP contribution >= 0.6 is 0 Å². The van der Waals surface area contributed by atoms with Crippen molar-refractivity contribution in [1.82, 2.24) is 0 Å². The lowest BCUT2D eigenvalue weighted by Gasteiger charge is -2.13. The molecule has 7 heteroatoms. The third kappa shape index (κ3) is 4.83. The molecular weight excluding hydrogens is 274 g/mol. The number of halogens is 2. The second kappa shape index (κ2) is 7.42. The van der Waals surface area contributed by atoms with Crippen molar-refractivity contribution in [1.29, 1.82) is 0 Å². The van der Waals surface area contributed by atoms with Gasteiger partial charge < -0.3 is 14.2 Å². The number of rotatable bonds is 6. The van der Waals surface area contributed by atoms with Gasteiger partial charge in [0.15, 0.2) is 24.3 Å². The number of hydrogen-bond donors (Lipinski definition) is 0. The van der Waals surface area contributed by atoms with Crippen LogP contribution in [0.15, 0.2) is 18.2 Å². The van der Waals surface area contributed by atoms with E-state index in [1.165, 1.54) is 13.0 Å². The number of carbonyl (C=O) groups excluding carboxylic acids is 2. The molecule has 1 aromatic carbocycles. The van der Waals surface area contributed by atoms with Crippen LogP contribution < -0.4 is 4.74 Å². The lowest BCUT2D eigenvalue weighted by molar-refractivity contribution is -0.162. The predicted molar refractivity (Wildman–Crippen MR) is 64.0 cm³/mol. The van der Waals surface area contributed by atoms with E-state index in [-0.39, 0.29) is 12.4 Å². The van der Waals surface area contributed by atoms with Crippen LogP contribution in [0, 0.1) is 11.6 Å². The maximum absolute atomic E-state index is 12.9. The van der Waals surface area contributed by atoms with Crippen LogP contribution in [0.3, 0.4) is 0 Å². The smallest absolute Gasteiger partial charge is 0.347 e. The summed E-state index contributed by atoms with van der Waals surface area (Å²) in [5.41, 5.74) is 0. The van der Waals surface area contributed by atoms with Gasteiger partial charge in [0, 0.05) is 6.07 Å². The second-order valence-electron chi connectivity index (χ2n) is 3.75. The zero-order valence-corrected chi connectivity index (χ0v) is 11.0. The first kappa shape index (κ1) is 15.9. The summed E-state index contributed by atoms with van der Waals surface area (Å²) in [5, 5.41) is 0. The fraction of sp³-hybridized carbons (Fsp3) is 0.385. The van der Waals surface area contributed by atoms with Crippen molar-refractivity contribution in [3.8, 4) is 5.75 Å². The largest absolute Gasteiger partial charge is 0.479 e. The molecule has 0 aliphatic heterocycles. The van der Waals surface area contributed by atoms with Gasteiger partial charge in [0.05, 0.1) is 6.61 Å². The summed E-state index contributed by atoms with van der Waals surface area (Å²) in [7, 11) is 0. The van der Waals surface area contributed by atoms with E-state index in [9.17, 15) is 18.4 Å². The minimum Gasteiger partial charge on any atom is -0.479 e. The molecule has 20 heavy (non-hydrogen) atoms. The normalized spacial score (nSPS) is 11.6. The van der Waals surface area contributed by atoms with Crippen LogP contribution in [0.1, 0.15) is 13.8 Å². The average Bonchev–Trinajstić information content (AvgIpc) is 2.40. The summed E-state index contributed by atoms with van der Waals surface area (Å²) >= 11 is 0. The molecule has 1 unspecified atom stereocenters. The summed E-state index contributed by atoms with van der Waals surface area (Å²) in [6.45, 7) is 2.62. The molecule has 0 bridgehead atoms. The van der Waals surface area contributed by atoms with Gasteiger partial charge in [-0.3, -0.25) is 0 Å². The molecule has 0 amide bonds. The fourth-order valence-corrected chi connectivity index (χ4v) is 1.25. The third-order valence-corrected chi connectivity index (χ3v) is 2.17. The van der Waals surface area contributed by atoms with E-state index in [1.807, 2.05) is 0 Å². The van der Waals surface area contributed by atoms with Gasteiger partial charge in [0.2, 0.25) is 0 Å². The van der Waals surface area contributed by atoms with Crippen LogP contribution in [0.4, 0.5) is 8.78 Å². The minimum atomic E-state index is -1.09. The molecule has 0 aliphatic rings. The van der Waals surface area contributed by atoms with Crippen LogP contribution in [0.25, 0.3) is 0 Å². The van der Waals surface area contributed by atoms with Crippen LogP contribution in [0.5, 0.6) is 5.75 Å². The lowest BCUT2D eigenvalue weighted by Crippen LogP contribution is -2.28. The van der Waals surface area contributed by atoms with Gasteiger partial charge in [0.25, 0.3) is 0 Å². The van der Waals surface area contributed by atoms with Crippen LogP contribution in [0.2, 0.25) is 0 Å². The standard InChI is InChI=1S/C13H14F2O5/c1-3-18-12(16)7-19-13(17)8(2)20-9-4-5-10(14)11(15)6-9/h4-6,8H,3,7H2,1-2H3. The van der Waals surface area contributed by atoms with Gasteiger partial charge in [-0.25, -0.2) is 18.4 Å². The topological polar surface area (TPSA) is 61.8 Å². The van der Waals surface area contributed by atoms with Gasteiger partial charge in [-0.2, -0.15) is 0 Å². The van der Waals surface area contributed by atoms with Crippen molar-refractivity contribution >= 4 is 11.9 Å². The number of carbonyl (C=O) groups is 2. The Hall–Kier alpha value is -2.18. The molecule has 0 radical (unpaired) electrons. The van der Waals surface area contributed by atoms with Crippen molar-refractivity contribution in [3.63, 3.8) is 0 Å². The summed E-state index contributed by atoms with van der Waals surface area (Å²) in [4.78, 5) is 22.5. The van der Waals surface area contributed by atoms with Crippen molar-refractivity contribution in [2.45, 2.75) is 20.0 Å². The number of benzene rings is 1. The Bertz CT molecular complexity index is 490. The molecule has 1 aromatic rings. The van der Waals surface area contributed by atoms with E-state index in [0.29, 0.717) is 0 Å². The molecule has 5 nitrogen and oxygen atoms in total. The molecule has 110 valence electrons. The van der Waals surface area contributed by atoms with Gasteiger partial charge >= 0.3 is 11.9 Å². The number of hydrogen-bond acceptors (Lipinski definition) is 5. The van der Waals surface area contributed by atoms with E-state index in [1.54, 1.807) is 6.92 Å². The second-order valence-corrected chi connectivity index (χ2v) is 3.75. The summed E-state index contributed by atoms with van der Waals surface area (Å²) in [6.07, 6.45) is -1.07. The predicted octanol–water partition coefficient (Wildman–Crippen LogP) is 1.84. The molecule has 0 heterocycles. The Labute approximate surface area is 114 Å². The van der Waals surface area contributed by atoms with E-state index in [4.69, 9.17) is 4.74 Å². The lowest BCUT2D eigenvalue weighted by atomic mass is 10.3. The molecule has 0 saturated heterocycles. The van der Waals surface area contributed by atoms with Crippen LogP contribution in [-0.2, 0) is 19.1 Å². The quantitative estimate of drug-likeness (QED) is 0.747. The van der Waals surface area contributed by atoms with Gasteiger partial charge in [-0.1, -0.05) is 0 Å². The van der Waals surface area contributed by atoms with Gasteiger partial charge in [-0.15, -0.1) is 0 Å². The first-order valence-electron chi connectivity index (χ1n) is 5.88. The number of ether oxygens (including phenoxy) is 3. The third-order valence-electron chi connectivity index (χ3n) is 2.17. The highest BCUT2D eigenvalue weighted by Crippen LogP contribution is 2.17. The Morgan fingerprint density at radius 3 is 2.50 bits per heavy atom. The van der Waals surface area contributed by atoms with Crippen molar-refractivity contribution < 1.29 is 32.6 Å². The van der Waals surface area contributed by atoms with E-state index >= 15 is 0 Å². The van der Waals surface area contributed by atoms with Crippen molar-refractivity contribution in [2.24, 2.45) is 0 Å².